The third-order valence-corrected chi connectivity index (χ3v) is 2.43. The van der Waals surface area contributed by atoms with Gasteiger partial charge in [-0.3, -0.25) is 9.80 Å². The molecule has 1 aromatic carbocycles. The Morgan fingerprint density at radius 1 is 1.53 bits per heavy atom. The second kappa shape index (κ2) is 6.06. The van der Waals surface area contributed by atoms with Gasteiger partial charge in [-0.15, -0.1) is 0 Å². The number of allylic oxidation sites excluding steroid dienone is 2. The van der Waals surface area contributed by atoms with Crippen LogP contribution in [0.4, 0.5) is 5.69 Å². The third kappa shape index (κ3) is 3.92. The summed E-state index contributed by atoms with van der Waals surface area (Å²) < 4.78 is 0. The van der Waals surface area contributed by atoms with Crippen molar-refractivity contribution in [2.45, 2.75) is 6.92 Å². The van der Waals surface area contributed by atoms with Crippen LogP contribution in [0.15, 0.2) is 40.1 Å². The van der Waals surface area contributed by atoms with Crippen molar-refractivity contribution in [1.82, 2.24) is 0 Å². The molecule has 2 N–H and O–H groups in total. The number of hydrazone groups is 1. The van der Waals surface area contributed by atoms with Crippen LogP contribution in [0.5, 0.6) is 0 Å². The van der Waals surface area contributed by atoms with Crippen molar-refractivity contribution >= 4 is 29.8 Å². The molecule has 5 heteroatoms. The summed E-state index contributed by atoms with van der Waals surface area (Å²) in [6.45, 7) is 2.00. The van der Waals surface area contributed by atoms with Crippen molar-refractivity contribution in [3.8, 4) is 0 Å². The van der Waals surface area contributed by atoms with Crippen LogP contribution in [-0.2, 0) is 4.79 Å². The summed E-state index contributed by atoms with van der Waals surface area (Å²) >= 11 is 5.55. The number of benzene rings is 1. The van der Waals surface area contributed by atoms with E-state index < -0.39 is 0 Å². The van der Waals surface area contributed by atoms with Gasteiger partial charge in [0.25, 0.3) is 0 Å². The highest BCUT2D eigenvalue weighted by Crippen LogP contribution is 2.14. The summed E-state index contributed by atoms with van der Waals surface area (Å²) in [5.41, 5.74) is 7.73. The van der Waals surface area contributed by atoms with E-state index in [0.717, 1.165) is 11.3 Å². The molecule has 0 heterocycles. The first kappa shape index (κ1) is 13.3. The summed E-state index contributed by atoms with van der Waals surface area (Å²) in [7, 11) is 1.79. The zero-order chi connectivity index (χ0) is 12.8. The molecule has 0 aliphatic rings. The molecule has 0 amide bonds. The molecule has 17 heavy (non-hydrogen) atoms. The smallest absolute Gasteiger partial charge is 0.163 e. The van der Waals surface area contributed by atoms with Gasteiger partial charge in [-0.2, -0.15) is 5.10 Å². The average molecular weight is 252 g/mol. The van der Waals surface area contributed by atoms with Crippen LogP contribution in [0.2, 0.25) is 0 Å². The minimum Gasteiger partial charge on any atom is -0.396 e. The van der Waals surface area contributed by atoms with Gasteiger partial charge in [0.1, 0.15) is 5.03 Å². The van der Waals surface area contributed by atoms with E-state index in [2.05, 4.69) is 5.10 Å². The van der Waals surface area contributed by atoms with E-state index in [4.69, 9.17) is 17.3 Å². The van der Waals surface area contributed by atoms with E-state index in [9.17, 15) is 4.79 Å². The number of carbonyl (C=O) groups excluding carboxylic acids is 1. The van der Waals surface area contributed by atoms with Crippen LogP contribution in [0.3, 0.4) is 0 Å². The number of anilines is 1. The molecule has 0 aliphatic carbocycles. The first-order valence-corrected chi connectivity index (χ1v) is 5.37. The molecule has 0 saturated carbocycles. The maximum Gasteiger partial charge on any atom is 0.163 e. The second-order valence-electron chi connectivity index (χ2n) is 3.53. The van der Waals surface area contributed by atoms with Crippen LogP contribution in [0.25, 0.3) is 0 Å². The molecular weight excluding hydrogens is 238 g/mol. The molecule has 0 radical (unpaired) electrons. The van der Waals surface area contributed by atoms with Gasteiger partial charge >= 0.3 is 0 Å². The van der Waals surface area contributed by atoms with Crippen molar-refractivity contribution in [2.24, 2.45) is 10.8 Å². The van der Waals surface area contributed by atoms with Crippen LogP contribution in [0, 0.1) is 6.92 Å². The minimum atomic E-state index is -0.0496. The van der Waals surface area contributed by atoms with E-state index in [1.807, 2.05) is 31.2 Å². The van der Waals surface area contributed by atoms with E-state index in [1.54, 1.807) is 12.1 Å². The SMILES string of the molecule is Cc1cccc(N(C)/N=C\C(N)=C(\Cl)C=O)c1. The Morgan fingerprint density at radius 3 is 2.82 bits per heavy atom. The van der Waals surface area contributed by atoms with Crippen LogP contribution < -0.4 is 10.7 Å². The van der Waals surface area contributed by atoms with E-state index in [0.29, 0.717) is 6.29 Å². The number of aldehydes is 1. The molecule has 0 aliphatic heterocycles. The van der Waals surface area contributed by atoms with Gasteiger partial charge in [-0.25, -0.2) is 0 Å². The Hall–Kier alpha value is -1.81. The number of rotatable bonds is 4. The summed E-state index contributed by atoms with van der Waals surface area (Å²) in [4.78, 5) is 10.4. The lowest BCUT2D eigenvalue weighted by molar-refractivity contribution is -0.104. The van der Waals surface area contributed by atoms with Crippen LogP contribution >= 0.6 is 11.6 Å². The molecule has 0 spiro atoms. The maximum atomic E-state index is 10.4. The lowest BCUT2D eigenvalue weighted by Gasteiger charge is -2.13. The average Bonchev–Trinajstić information content (AvgIpc) is 2.34. The highest BCUT2D eigenvalue weighted by atomic mass is 35.5. The number of halogens is 1. The largest absolute Gasteiger partial charge is 0.396 e. The molecule has 0 aromatic heterocycles. The minimum absolute atomic E-state index is 0.0496. The number of carbonyl (C=O) groups is 1. The van der Waals surface area contributed by atoms with Gasteiger partial charge in [0.05, 0.1) is 17.6 Å². The van der Waals surface area contributed by atoms with Crippen molar-refractivity contribution < 1.29 is 4.79 Å². The molecule has 1 rings (SSSR count). The Morgan fingerprint density at radius 2 is 2.24 bits per heavy atom. The van der Waals surface area contributed by atoms with Crippen molar-refractivity contribution in [2.75, 3.05) is 12.1 Å². The van der Waals surface area contributed by atoms with Gasteiger partial charge in [0.15, 0.2) is 6.29 Å². The summed E-state index contributed by atoms with van der Waals surface area (Å²) in [6, 6.07) is 7.84. The zero-order valence-electron chi connectivity index (χ0n) is 9.72. The summed E-state index contributed by atoms with van der Waals surface area (Å²) in [5, 5.41) is 5.68. The fourth-order valence-electron chi connectivity index (χ4n) is 1.17. The number of nitrogens with zero attached hydrogens (tertiary/aromatic N) is 2. The lowest BCUT2D eigenvalue weighted by Crippen LogP contribution is -2.11. The Kier molecular flexibility index (Phi) is 4.72. The predicted molar refractivity (Wildman–Crippen MR) is 71.2 cm³/mol. The van der Waals surface area contributed by atoms with Gasteiger partial charge < -0.3 is 5.73 Å². The number of aryl methyl sites for hydroxylation is 1. The first-order chi connectivity index (χ1) is 8.04. The standard InChI is InChI=1S/C12H14ClN3O/c1-9-4-3-5-10(6-9)16(2)15-7-12(14)11(13)8-17/h3-8H,14H2,1-2H3/b12-11-,15-7-. The fourth-order valence-corrected chi connectivity index (χ4v) is 1.22. The normalized spacial score (nSPS) is 12.4. The second-order valence-corrected chi connectivity index (χ2v) is 3.94. The molecule has 4 nitrogen and oxygen atoms in total. The number of hydrogen-bond donors (Lipinski definition) is 1. The first-order valence-electron chi connectivity index (χ1n) is 4.99. The topological polar surface area (TPSA) is 58.7 Å². The van der Waals surface area contributed by atoms with Crippen molar-refractivity contribution in [3.63, 3.8) is 0 Å². The van der Waals surface area contributed by atoms with E-state index >= 15 is 0 Å². The predicted octanol–water partition coefficient (Wildman–Crippen LogP) is 2.03. The monoisotopic (exact) mass is 251 g/mol. The molecule has 0 saturated heterocycles. The molecule has 0 fully saturated rings. The molecule has 0 unspecified atom stereocenters. The summed E-state index contributed by atoms with van der Waals surface area (Å²) in [6.07, 6.45) is 1.83. The molecule has 90 valence electrons. The highest BCUT2D eigenvalue weighted by Gasteiger charge is 1.99. The number of nitrogens with two attached hydrogens (primary N) is 1. The Balaban J connectivity index is 2.83. The number of hydrogen-bond acceptors (Lipinski definition) is 4. The van der Waals surface area contributed by atoms with Gasteiger partial charge in [0.2, 0.25) is 0 Å². The van der Waals surface area contributed by atoms with Crippen LogP contribution in [0.1, 0.15) is 5.56 Å². The van der Waals surface area contributed by atoms with Crippen LogP contribution in [-0.4, -0.2) is 19.5 Å². The van der Waals surface area contributed by atoms with Crippen molar-refractivity contribution in [3.05, 3.63) is 40.6 Å². The van der Waals surface area contributed by atoms with Gasteiger partial charge in [-0.1, -0.05) is 23.7 Å². The molecular formula is C12H14ClN3O. The molecule has 0 atom stereocenters. The molecule has 0 bridgehead atoms. The maximum absolute atomic E-state index is 10.4. The highest BCUT2D eigenvalue weighted by molar-refractivity contribution is 6.40. The van der Waals surface area contributed by atoms with Gasteiger partial charge in [-0.05, 0) is 24.6 Å². The molecule has 1 aromatic rings. The fraction of sp³-hybridized carbons (Fsp3) is 0.167. The summed E-state index contributed by atoms with van der Waals surface area (Å²) in [5.74, 6) is 0. The van der Waals surface area contributed by atoms with E-state index in [-0.39, 0.29) is 10.7 Å². The van der Waals surface area contributed by atoms with Crippen molar-refractivity contribution in [1.29, 1.82) is 0 Å². The zero-order valence-corrected chi connectivity index (χ0v) is 10.5. The quantitative estimate of drug-likeness (QED) is 0.386. The third-order valence-electron chi connectivity index (χ3n) is 2.12. The van der Waals surface area contributed by atoms with Gasteiger partial charge in [0, 0.05) is 7.05 Å². The Bertz CT molecular complexity index is 469. The Labute approximate surface area is 105 Å². The lowest BCUT2D eigenvalue weighted by atomic mass is 10.2. The van der Waals surface area contributed by atoms with E-state index in [1.165, 1.54) is 6.21 Å².